The average Bonchev–Trinajstić information content (AvgIpc) is 3.36. The molecule has 0 saturated heterocycles. The van der Waals surface area contributed by atoms with Gasteiger partial charge < -0.3 is 25.1 Å². The molecule has 0 aliphatic rings. The summed E-state index contributed by atoms with van der Waals surface area (Å²) < 4.78 is 10.9. The summed E-state index contributed by atoms with van der Waals surface area (Å²) in [6.07, 6.45) is 1.48. The minimum atomic E-state index is -0.271. The zero-order chi connectivity index (χ0) is 22.6. The second-order valence-electron chi connectivity index (χ2n) is 7.54. The van der Waals surface area contributed by atoms with Gasteiger partial charge in [-0.05, 0) is 41.3 Å². The van der Waals surface area contributed by atoms with Crippen LogP contribution in [0, 0.1) is 5.92 Å². The number of anilines is 1. The van der Waals surface area contributed by atoms with Crippen molar-refractivity contribution < 1.29 is 13.9 Å². The van der Waals surface area contributed by atoms with Crippen LogP contribution in [0.4, 0.5) is 5.69 Å². The number of nitrogens with one attached hydrogen (secondary N) is 3. The van der Waals surface area contributed by atoms with E-state index in [1.54, 1.807) is 19.2 Å². The van der Waals surface area contributed by atoms with Gasteiger partial charge in [0, 0.05) is 25.8 Å². The van der Waals surface area contributed by atoms with Gasteiger partial charge in [-0.25, -0.2) is 0 Å². The SMILES string of the molecule is CN=C(NCc1ccc(NC(=O)c2ccco2)cc1)NCC(C)COCc1ccccc1. The third-order valence-electron chi connectivity index (χ3n) is 4.77. The Morgan fingerprint density at radius 2 is 1.78 bits per heavy atom. The lowest BCUT2D eigenvalue weighted by atomic mass is 10.2. The van der Waals surface area contributed by atoms with Gasteiger partial charge in [0.15, 0.2) is 11.7 Å². The number of carbonyl (C=O) groups is 1. The lowest BCUT2D eigenvalue weighted by molar-refractivity contribution is 0.0931. The Bertz CT molecular complexity index is 970. The maximum absolute atomic E-state index is 12.0. The van der Waals surface area contributed by atoms with E-state index >= 15 is 0 Å². The molecule has 0 spiro atoms. The summed E-state index contributed by atoms with van der Waals surface area (Å²) >= 11 is 0. The molecule has 0 aliphatic carbocycles. The summed E-state index contributed by atoms with van der Waals surface area (Å²) in [7, 11) is 1.75. The largest absolute Gasteiger partial charge is 0.459 e. The van der Waals surface area contributed by atoms with Gasteiger partial charge in [0.25, 0.3) is 5.91 Å². The molecule has 7 nitrogen and oxygen atoms in total. The highest BCUT2D eigenvalue weighted by molar-refractivity contribution is 6.02. The van der Waals surface area contributed by atoms with Gasteiger partial charge in [0.2, 0.25) is 0 Å². The number of guanidine groups is 1. The van der Waals surface area contributed by atoms with Crippen molar-refractivity contribution in [3.8, 4) is 0 Å². The fraction of sp³-hybridized carbons (Fsp3) is 0.280. The van der Waals surface area contributed by atoms with Crippen LogP contribution in [0.3, 0.4) is 0 Å². The first-order chi connectivity index (χ1) is 15.6. The molecule has 32 heavy (non-hydrogen) atoms. The molecule has 0 fully saturated rings. The Hall–Kier alpha value is -3.58. The number of furan rings is 1. The van der Waals surface area contributed by atoms with Crippen molar-refractivity contribution in [2.75, 3.05) is 25.5 Å². The third-order valence-corrected chi connectivity index (χ3v) is 4.77. The van der Waals surface area contributed by atoms with E-state index in [0.29, 0.717) is 31.4 Å². The number of aliphatic imine (C=N–C) groups is 1. The van der Waals surface area contributed by atoms with Crippen molar-refractivity contribution in [1.29, 1.82) is 0 Å². The second-order valence-corrected chi connectivity index (χ2v) is 7.54. The molecule has 3 N–H and O–H groups in total. The first-order valence-electron chi connectivity index (χ1n) is 10.6. The fourth-order valence-electron chi connectivity index (χ4n) is 2.99. The third kappa shape index (κ3) is 7.59. The van der Waals surface area contributed by atoms with E-state index in [9.17, 15) is 4.79 Å². The summed E-state index contributed by atoms with van der Waals surface area (Å²) in [5, 5.41) is 9.44. The zero-order valence-corrected chi connectivity index (χ0v) is 18.5. The number of carbonyl (C=O) groups excluding carboxylic acids is 1. The summed E-state index contributed by atoms with van der Waals surface area (Å²) in [6, 6.07) is 21.1. The summed E-state index contributed by atoms with van der Waals surface area (Å²) in [5.41, 5.74) is 2.96. The molecule has 168 valence electrons. The molecule has 1 unspecified atom stereocenters. The van der Waals surface area contributed by atoms with Gasteiger partial charge in [-0.1, -0.05) is 49.4 Å². The van der Waals surface area contributed by atoms with Crippen LogP contribution in [0.15, 0.2) is 82.4 Å². The maximum atomic E-state index is 12.0. The van der Waals surface area contributed by atoms with Crippen molar-refractivity contribution in [3.63, 3.8) is 0 Å². The van der Waals surface area contributed by atoms with Gasteiger partial charge in [-0.2, -0.15) is 0 Å². The minimum Gasteiger partial charge on any atom is -0.459 e. The molecule has 0 bridgehead atoms. The van der Waals surface area contributed by atoms with E-state index in [0.717, 1.165) is 18.1 Å². The van der Waals surface area contributed by atoms with E-state index in [1.165, 1.54) is 11.8 Å². The van der Waals surface area contributed by atoms with Gasteiger partial charge in [0.1, 0.15) is 0 Å². The van der Waals surface area contributed by atoms with Crippen molar-refractivity contribution in [3.05, 3.63) is 89.9 Å². The van der Waals surface area contributed by atoms with Crippen molar-refractivity contribution in [2.24, 2.45) is 10.9 Å². The molecule has 0 radical (unpaired) electrons. The van der Waals surface area contributed by atoms with Crippen molar-refractivity contribution in [2.45, 2.75) is 20.1 Å². The minimum absolute atomic E-state index is 0.271. The first-order valence-corrected chi connectivity index (χ1v) is 10.6. The van der Waals surface area contributed by atoms with Gasteiger partial charge in [-0.3, -0.25) is 9.79 Å². The molecule has 2 aromatic carbocycles. The zero-order valence-electron chi connectivity index (χ0n) is 18.5. The smallest absolute Gasteiger partial charge is 0.291 e. The number of nitrogens with zero attached hydrogens (tertiary/aromatic N) is 1. The number of rotatable bonds is 10. The topological polar surface area (TPSA) is 87.9 Å². The van der Waals surface area contributed by atoms with Crippen LogP contribution in [0.2, 0.25) is 0 Å². The Labute approximate surface area is 188 Å². The monoisotopic (exact) mass is 434 g/mol. The number of amides is 1. The molecular formula is C25H30N4O3. The Morgan fingerprint density at radius 1 is 1.00 bits per heavy atom. The van der Waals surface area contributed by atoms with Crippen LogP contribution >= 0.6 is 0 Å². The van der Waals surface area contributed by atoms with Crippen LogP contribution in [-0.4, -0.2) is 32.1 Å². The summed E-state index contributed by atoms with van der Waals surface area (Å²) in [5.74, 6) is 1.09. The number of hydrogen-bond acceptors (Lipinski definition) is 4. The highest BCUT2D eigenvalue weighted by Gasteiger charge is 2.09. The van der Waals surface area contributed by atoms with Crippen molar-refractivity contribution in [1.82, 2.24) is 10.6 Å². The molecule has 0 aliphatic heterocycles. The first kappa shape index (κ1) is 23.1. The Morgan fingerprint density at radius 3 is 2.47 bits per heavy atom. The molecule has 1 heterocycles. The number of ether oxygens (including phenoxy) is 1. The second kappa shape index (κ2) is 12.3. The van der Waals surface area contributed by atoms with Crippen LogP contribution in [-0.2, 0) is 17.9 Å². The normalized spacial score (nSPS) is 12.2. The molecule has 0 saturated carbocycles. The van der Waals surface area contributed by atoms with Crippen LogP contribution in [0.25, 0.3) is 0 Å². The van der Waals surface area contributed by atoms with Crippen LogP contribution < -0.4 is 16.0 Å². The van der Waals surface area contributed by atoms with Crippen molar-refractivity contribution >= 4 is 17.6 Å². The molecule has 3 aromatic rings. The number of hydrogen-bond donors (Lipinski definition) is 3. The van der Waals surface area contributed by atoms with Gasteiger partial charge >= 0.3 is 0 Å². The van der Waals surface area contributed by atoms with E-state index in [-0.39, 0.29) is 11.7 Å². The maximum Gasteiger partial charge on any atom is 0.291 e. The van der Waals surface area contributed by atoms with Crippen LogP contribution in [0.5, 0.6) is 0 Å². The molecule has 1 amide bonds. The van der Waals surface area contributed by atoms with E-state index in [2.05, 4.69) is 40.0 Å². The highest BCUT2D eigenvalue weighted by atomic mass is 16.5. The fourth-order valence-corrected chi connectivity index (χ4v) is 2.99. The molecule has 1 atom stereocenters. The predicted octanol–water partition coefficient (Wildman–Crippen LogP) is 4.05. The lowest BCUT2D eigenvalue weighted by Gasteiger charge is -2.16. The highest BCUT2D eigenvalue weighted by Crippen LogP contribution is 2.12. The van der Waals surface area contributed by atoms with E-state index < -0.39 is 0 Å². The molecule has 3 rings (SSSR count). The summed E-state index contributed by atoms with van der Waals surface area (Å²) in [4.78, 5) is 16.3. The standard InChI is InChI=1S/C25H30N4O3/c1-19(17-31-18-21-7-4-3-5-8-21)15-27-25(26-2)28-16-20-10-12-22(13-11-20)29-24(30)23-9-6-14-32-23/h3-14,19H,15-18H2,1-2H3,(H,29,30)(H2,26,27,28). The lowest BCUT2D eigenvalue weighted by Crippen LogP contribution is -2.39. The predicted molar refractivity (Wildman–Crippen MR) is 127 cm³/mol. The Kier molecular flexibility index (Phi) is 8.89. The molecular weight excluding hydrogens is 404 g/mol. The average molecular weight is 435 g/mol. The van der Waals surface area contributed by atoms with Gasteiger partial charge in [-0.15, -0.1) is 0 Å². The van der Waals surface area contributed by atoms with E-state index in [4.69, 9.17) is 9.15 Å². The Balaban J connectivity index is 1.36. The summed E-state index contributed by atoms with van der Waals surface area (Å²) in [6.45, 7) is 4.80. The molecule has 7 heteroatoms. The van der Waals surface area contributed by atoms with E-state index in [1.807, 2.05) is 42.5 Å². The van der Waals surface area contributed by atoms with Gasteiger partial charge in [0.05, 0.1) is 19.5 Å². The molecule has 1 aromatic heterocycles. The number of benzene rings is 2. The quantitative estimate of drug-likeness (QED) is 0.331. The van der Waals surface area contributed by atoms with Crippen LogP contribution in [0.1, 0.15) is 28.6 Å².